The van der Waals surface area contributed by atoms with Crippen molar-refractivity contribution in [2.45, 2.75) is 0 Å². The van der Waals surface area contributed by atoms with Crippen LogP contribution in [0.1, 0.15) is 41.4 Å². The highest BCUT2D eigenvalue weighted by Gasteiger charge is 2.37. The lowest BCUT2D eigenvalue weighted by atomic mass is 9.89. The third-order valence-electron chi connectivity index (χ3n) is 3.40. The maximum absolute atomic E-state index is 11.9. The third kappa shape index (κ3) is 1.13. The zero-order valence-corrected chi connectivity index (χ0v) is 9.76. The molecular weight excluding hydrogens is 264 g/mol. The van der Waals surface area contributed by atoms with Crippen LogP contribution >= 0.6 is 0 Å². The van der Waals surface area contributed by atoms with E-state index in [0.717, 1.165) is 0 Å². The highest BCUT2D eigenvalue weighted by atomic mass is 16.6. The molecule has 0 saturated carbocycles. The van der Waals surface area contributed by atoms with Crippen LogP contribution in [0.15, 0.2) is 24.3 Å². The Morgan fingerprint density at radius 1 is 0.700 bits per heavy atom. The zero-order valence-electron chi connectivity index (χ0n) is 9.76. The summed E-state index contributed by atoms with van der Waals surface area (Å²) in [7, 11) is 0. The van der Waals surface area contributed by atoms with Crippen LogP contribution in [0.3, 0.4) is 0 Å². The van der Waals surface area contributed by atoms with E-state index in [9.17, 15) is 19.2 Å². The van der Waals surface area contributed by atoms with Crippen molar-refractivity contribution in [1.82, 2.24) is 0 Å². The van der Waals surface area contributed by atoms with Gasteiger partial charge in [0.1, 0.15) is 0 Å². The van der Waals surface area contributed by atoms with Crippen molar-refractivity contribution in [2.24, 2.45) is 0 Å². The van der Waals surface area contributed by atoms with Crippen molar-refractivity contribution in [3.63, 3.8) is 0 Å². The standard InChI is InChI=1S/C14H4O6/c15-11-6-3-1-2-5-7-4-8(13(17)19-12(7)16)10(9(5)6)14(18)20-11/h1-4H. The topological polar surface area (TPSA) is 86.7 Å². The van der Waals surface area contributed by atoms with E-state index in [0.29, 0.717) is 5.39 Å². The van der Waals surface area contributed by atoms with Gasteiger partial charge in [-0.15, -0.1) is 0 Å². The summed E-state index contributed by atoms with van der Waals surface area (Å²) in [6, 6.07) is 5.93. The largest absolute Gasteiger partial charge is 0.386 e. The maximum atomic E-state index is 11.9. The van der Waals surface area contributed by atoms with Crippen LogP contribution in [0.25, 0.3) is 10.8 Å². The SMILES string of the molecule is O=C1OC(=O)c2cc1c1c3c(cccc23)C(=O)OC1=O. The van der Waals surface area contributed by atoms with E-state index in [1.54, 1.807) is 12.1 Å². The molecule has 2 heterocycles. The molecule has 0 spiro atoms. The van der Waals surface area contributed by atoms with Gasteiger partial charge >= 0.3 is 23.9 Å². The Balaban J connectivity index is 2.31. The first kappa shape index (κ1) is 10.9. The number of carbonyl (C=O) groups excluding carboxylic acids is 4. The number of carbonyl (C=O) groups is 4. The van der Waals surface area contributed by atoms with Gasteiger partial charge in [0.15, 0.2) is 0 Å². The smallest absolute Gasteiger partial charge is 0.347 e. The summed E-state index contributed by atoms with van der Waals surface area (Å²) in [6.07, 6.45) is 0. The van der Waals surface area contributed by atoms with E-state index in [-0.39, 0.29) is 27.6 Å². The summed E-state index contributed by atoms with van der Waals surface area (Å²) < 4.78 is 9.20. The Hall–Kier alpha value is -3.02. The van der Waals surface area contributed by atoms with Gasteiger partial charge in [-0.25, -0.2) is 19.2 Å². The molecule has 0 unspecified atom stereocenters. The fraction of sp³-hybridized carbons (Fsp3) is 0. The fourth-order valence-corrected chi connectivity index (χ4v) is 2.57. The molecule has 0 aromatic heterocycles. The van der Waals surface area contributed by atoms with Gasteiger partial charge in [0, 0.05) is 5.39 Å². The molecule has 0 fully saturated rings. The molecule has 6 nitrogen and oxygen atoms in total. The van der Waals surface area contributed by atoms with Crippen LogP contribution in [0.5, 0.6) is 0 Å². The Bertz CT molecular complexity index is 871. The molecule has 2 aliphatic heterocycles. The molecule has 0 amide bonds. The number of hydrogen-bond donors (Lipinski definition) is 0. The molecule has 0 aliphatic carbocycles. The van der Waals surface area contributed by atoms with Gasteiger partial charge in [0.05, 0.1) is 22.3 Å². The predicted molar refractivity (Wildman–Crippen MR) is 63.4 cm³/mol. The molecule has 2 aromatic carbocycles. The fourth-order valence-electron chi connectivity index (χ4n) is 2.57. The van der Waals surface area contributed by atoms with E-state index >= 15 is 0 Å². The van der Waals surface area contributed by atoms with Crippen LogP contribution in [0, 0.1) is 0 Å². The molecule has 0 saturated heterocycles. The Kier molecular flexibility index (Phi) is 1.79. The van der Waals surface area contributed by atoms with Crippen molar-refractivity contribution in [1.29, 1.82) is 0 Å². The number of hydrogen-bond acceptors (Lipinski definition) is 6. The lowest BCUT2D eigenvalue weighted by Gasteiger charge is -2.21. The molecule has 2 bridgehead atoms. The third-order valence-corrected chi connectivity index (χ3v) is 3.40. The van der Waals surface area contributed by atoms with Gasteiger partial charge < -0.3 is 9.47 Å². The van der Waals surface area contributed by atoms with Crippen molar-refractivity contribution >= 4 is 34.6 Å². The Morgan fingerprint density at radius 2 is 1.35 bits per heavy atom. The molecule has 2 aromatic rings. The quantitative estimate of drug-likeness (QED) is 0.531. The summed E-state index contributed by atoms with van der Waals surface area (Å²) in [5.41, 5.74) is 0.221. The summed E-state index contributed by atoms with van der Waals surface area (Å²) in [6.45, 7) is 0. The highest BCUT2D eigenvalue weighted by Crippen LogP contribution is 2.36. The minimum absolute atomic E-state index is 0.0311. The van der Waals surface area contributed by atoms with E-state index in [2.05, 4.69) is 9.47 Å². The minimum atomic E-state index is -0.916. The number of rotatable bonds is 0. The van der Waals surface area contributed by atoms with Crippen LogP contribution in [0.4, 0.5) is 0 Å². The maximum Gasteiger partial charge on any atom is 0.347 e. The number of benzene rings is 2. The number of esters is 4. The van der Waals surface area contributed by atoms with Crippen LogP contribution in [0.2, 0.25) is 0 Å². The first-order valence-electron chi connectivity index (χ1n) is 5.70. The van der Waals surface area contributed by atoms with E-state index in [4.69, 9.17) is 0 Å². The monoisotopic (exact) mass is 268 g/mol. The van der Waals surface area contributed by atoms with Crippen LogP contribution in [-0.2, 0) is 9.47 Å². The average molecular weight is 268 g/mol. The Morgan fingerprint density at radius 3 is 2.15 bits per heavy atom. The van der Waals surface area contributed by atoms with E-state index in [1.165, 1.54) is 12.1 Å². The first-order valence-corrected chi connectivity index (χ1v) is 5.70. The van der Waals surface area contributed by atoms with Crippen molar-refractivity contribution in [3.05, 3.63) is 46.5 Å². The van der Waals surface area contributed by atoms with Crippen molar-refractivity contribution in [2.75, 3.05) is 0 Å². The second kappa shape index (κ2) is 3.30. The van der Waals surface area contributed by atoms with Gasteiger partial charge in [-0.2, -0.15) is 0 Å². The minimum Gasteiger partial charge on any atom is -0.386 e. The average Bonchev–Trinajstić information content (AvgIpc) is 2.42. The molecule has 6 heteroatoms. The van der Waals surface area contributed by atoms with Gasteiger partial charge in [-0.3, -0.25) is 0 Å². The van der Waals surface area contributed by atoms with Crippen molar-refractivity contribution < 1.29 is 28.7 Å². The second-order valence-electron chi connectivity index (χ2n) is 4.43. The summed E-state index contributed by atoms with van der Waals surface area (Å²) in [5, 5.41) is 0.662. The molecule has 20 heavy (non-hydrogen) atoms. The van der Waals surface area contributed by atoms with E-state index in [1.807, 2.05) is 0 Å². The molecule has 96 valence electrons. The van der Waals surface area contributed by atoms with Gasteiger partial charge in [-0.1, -0.05) is 12.1 Å². The van der Waals surface area contributed by atoms with Crippen LogP contribution < -0.4 is 0 Å². The van der Waals surface area contributed by atoms with Gasteiger partial charge in [0.25, 0.3) is 0 Å². The lowest BCUT2D eigenvalue weighted by molar-refractivity contribution is 0.0343. The van der Waals surface area contributed by atoms with Crippen LogP contribution in [-0.4, -0.2) is 23.9 Å². The second-order valence-corrected chi connectivity index (χ2v) is 4.43. The summed E-state index contributed by atoms with van der Waals surface area (Å²) in [5.74, 6) is -3.41. The Labute approximate surface area is 110 Å². The molecule has 2 aliphatic rings. The normalized spacial score (nSPS) is 16.2. The number of cyclic esters (lactones) is 4. The number of ether oxygens (including phenoxy) is 2. The van der Waals surface area contributed by atoms with Crippen molar-refractivity contribution in [3.8, 4) is 0 Å². The molecular formula is C14H4O6. The molecule has 4 rings (SSSR count). The lowest BCUT2D eigenvalue weighted by Crippen LogP contribution is -2.28. The molecule has 0 radical (unpaired) electrons. The summed E-state index contributed by atoms with van der Waals surface area (Å²) >= 11 is 0. The van der Waals surface area contributed by atoms with Gasteiger partial charge in [0.2, 0.25) is 0 Å². The molecule has 0 atom stereocenters. The predicted octanol–water partition coefficient (Wildman–Crippen LogP) is 1.46. The highest BCUT2D eigenvalue weighted by molar-refractivity contribution is 6.29. The number of fused-ring (bicyclic) bond motifs is 4. The van der Waals surface area contributed by atoms with Gasteiger partial charge in [-0.05, 0) is 17.5 Å². The molecule has 0 N–H and O–H groups in total. The zero-order chi connectivity index (χ0) is 14.0. The summed E-state index contributed by atoms with van der Waals surface area (Å²) in [4.78, 5) is 47.1. The first-order chi connectivity index (χ1) is 9.58. The van der Waals surface area contributed by atoms with E-state index < -0.39 is 23.9 Å².